The van der Waals surface area contributed by atoms with Crippen molar-refractivity contribution < 1.29 is 17.6 Å². The van der Waals surface area contributed by atoms with Gasteiger partial charge in [0.15, 0.2) is 0 Å². The molecule has 0 fully saturated rings. The molecule has 2 aromatic carbocycles. The van der Waals surface area contributed by atoms with Gasteiger partial charge in [-0.1, -0.05) is 43.0 Å². The summed E-state index contributed by atoms with van der Waals surface area (Å²) in [4.78, 5) is 1.03. The predicted octanol–water partition coefficient (Wildman–Crippen LogP) is 6.40. The topological polar surface area (TPSA) is 3.24 Å². The van der Waals surface area contributed by atoms with Gasteiger partial charge in [-0.2, -0.15) is 0 Å². The summed E-state index contributed by atoms with van der Waals surface area (Å²) in [6.45, 7) is 2.77. The van der Waals surface area contributed by atoms with Crippen molar-refractivity contribution >= 4 is 27.2 Å². The molecule has 0 saturated carbocycles. The summed E-state index contributed by atoms with van der Waals surface area (Å²) in [6, 6.07) is 13.0. The van der Waals surface area contributed by atoms with Crippen molar-refractivity contribution in [2.45, 2.75) is 6.43 Å². The minimum atomic E-state index is -2.75. The summed E-state index contributed by atoms with van der Waals surface area (Å²) >= 11 is 3.28. The van der Waals surface area contributed by atoms with Crippen LogP contribution in [0, 0.1) is 5.82 Å². The van der Waals surface area contributed by atoms with Crippen molar-refractivity contribution in [1.29, 1.82) is 0 Å². The van der Waals surface area contributed by atoms with Crippen molar-refractivity contribution in [1.82, 2.24) is 4.90 Å². The van der Waals surface area contributed by atoms with E-state index in [0.29, 0.717) is 15.6 Å². The summed E-state index contributed by atoms with van der Waals surface area (Å²) in [6.07, 6.45) is -1.55. The largest absolute Gasteiger partial charge is 0.333 e. The Morgan fingerprint density at radius 3 is 2.31 bits per heavy atom. The van der Waals surface area contributed by atoms with E-state index < -0.39 is 24.6 Å². The summed E-state index contributed by atoms with van der Waals surface area (Å²) in [5.74, 6) is -1.34. The molecule has 0 saturated heterocycles. The predicted molar refractivity (Wildman–Crippen MR) is 98.4 cm³/mol. The second-order valence-corrected chi connectivity index (χ2v) is 6.52. The van der Waals surface area contributed by atoms with Crippen molar-refractivity contribution in [2.75, 3.05) is 6.54 Å². The van der Waals surface area contributed by atoms with E-state index in [4.69, 9.17) is 0 Å². The van der Waals surface area contributed by atoms with Gasteiger partial charge in [0.1, 0.15) is 11.6 Å². The Morgan fingerprint density at radius 1 is 1.00 bits per heavy atom. The highest BCUT2D eigenvalue weighted by molar-refractivity contribution is 9.10. The second-order valence-electron chi connectivity index (χ2n) is 5.67. The van der Waals surface area contributed by atoms with E-state index in [1.54, 1.807) is 36.4 Å². The lowest BCUT2D eigenvalue weighted by molar-refractivity contribution is 0.122. The number of rotatable bonds is 4. The second kappa shape index (κ2) is 7.50. The molecule has 1 aliphatic heterocycles. The third kappa shape index (κ3) is 3.46. The molecule has 0 aromatic heterocycles. The molecule has 134 valence electrons. The Kier molecular flexibility index (Phi) is 5.32. The van der Waals surface area contributed by atoms with Crippen LogP contribution in [0.25, 0.3) is 11.3 Å². The van der Waals surface area contributed by atoms with Crippen LogP contribution >= 0.6 is 15.9 Å². The minimum absolute atomic E-state index is 0.0805. The highest BCUT2D eigenvalue weighted by Gasteiger charge is 2.31. The highest BCUT2D eigenvalue weighted by atomic mass is 79.9. The molecule has 0 radical (unpaired) electrons. The van der Waals surface area contributed by atoms with Crippen molar-refractivity contribution in [3.8, 4) is 0 Å². The summed E-state index contributed by atoms with van der Waals surface area (Å²) in [5, 5.41) is 0. The van der Waals surface area contributed by atoms with Crippen molar-refractivity contribution in [3.63, 3.8) is 0 Å². The third-order valence-electron chi connectivity index (χ3n) is 4.00. The van der Waals surface area contributed by atoms with Gasteiger partial charge in [0.05, 0.1) is 17.9 Å². The highest BCUT2D eigenvalue weighted by Crippen LogP contribution is 2.42. The van der Waals surface area contributed by atoms with E-state index in [0.717, 1.165) is 4.90 Å². The fourth-order valence-corrected chi connectivity index (χ4v) is 3.39. The minimum Gasteiger partial charge on any atom is -0.333 e. The maximum absolute atomic E-state index is 14.6. The first-order chi connectivity index (χ1) is 12.4. The molecule has 0 atom stereocenters. The van der Waals surface area contributed by atoms with E-state index in [9.17, 15) is 17.6 Å². The number of nitrogens with zero attached hydrogens (tertiary/aromatic N) is 1. The molecular formula is C20H14BrF4N. The number of halogens is 5. The average molecular weight is 424 g/mol. The Labute approximate surface area is 157 Å². The van der Waals surface area contributed by atoms with E-state index in [-0.39, 0.29) is 17.0 Å². The zero-order valence-electron chi connectivity index (χ0n) is 13.5. The maximum Gasteiger partial charge on any atom is 0.256 e. The molecule has 0 N–H and O–H groups in total. The fourth-order valence-electron chi connectivity index (χ4n) is 2.86. The Hall–Kier alpha value is -2.34. The molecule has 0 bridgehead atoms. The van der Waals surface area contributed by atoms with Crippen LogP contribution in [0.1, 0.15) is 11.1 Å². The Bertz CT molecular complexity index is 883. The van der Waals surface area contributed by atoms with E-state index in [2.05, 4.69) is 22.5 Å². The van der Waals surface area contributed by atoms with Crippen LogP contribution in [0.4, 0.5) is 17.6 Å². The molecule has 0 aliphatic carbocycles. The molecule has 2 aromatic rings. The number of alkyl halides is 2. The smallest absolute Gasteiger partial charge is 0.256 e. The lowest BCUT2D eigenvalue weighted by Gasteiger charge is -2.34. The van der Waals surface area contributed by atoms with E-state index in [1.165, 1.54) is 18.2 Å². The lowest BCUT2D eigenvalue weighted by Crippen LogP contribution is -2.30. The van der Waals surface area contributed by atoms with Gasteiger partial charge < -0.3 is 4.90 Å². The number of hydrogen-bond donors (Lipinski definition) is 0. The van der Waals surface area contributed by atoms with E-state index in [1.807, 2.05) is 0 Å². The summed E-state index contributed by atoms with van der Waals surface area (Å²) in [7, 11) is 0. The van der Waals surface area contributed by atoms with Crippen LogP contribution < -0.4 is 0 Å². The maximum atomic E-state index is 14.6. The van der Waals surface area contributed by atoms with Gasteiger partial charge in [0.2, 0.25) is 0 Å². The van der Waals surface area contributed by atoms with Crippen LogP contribution in [0.2, 0.25) is 0 Å². The molecule has 0 amide bonds. The molecule has 1 aliphatic rings. The van der Waals surface area contributed by atoms with Gasteiger partial charge in [-0.25, -0.2) is 17.6 Å². The van der Waals surface area contributed by atoms with Crippen LogP contribution in [0.5, 0.6) is 0 Å². The average Bonchev–Trinajstić information content (AvgIpc) is 2.60. The quantitative estimate of drug-likeness (QED) is 0.513. The van der Waals surface area contributed by atoms with Gasteiger partial charge in [-0.05, 0) is 39.7 Å². The van der Waals surface area contributed by atoms with Crippen molar-refractivity contribution in [2.24, 2.45) is 0 Å². The normalized spacial score (nSPS) is 14.9. The first-order valence-corrected chi connectivity index (χ1v) is 8.55. The van der Waals surface area contributed by atoms with Crippen LogP contribution in [0.3, 0.4) is 0 Å². The zero-order chi connectivity index (χ0) is 18.8. The summed E-state index contributed by atoms with van der Waals surface area (Å²) < 4.78 is 55.8. The first-order valence-electron chi connectivity index (χ1n) is 7.76. The molecule has 1 nitrogen and oxygen atoms in total. The zero-order valence-corrected chi connectivity index (χ0v) is 15.1. The number of hydrogen-bond acceptors (Lipinski definition) is 1. The molecule has 1 heterocycles. The monoisotopic (exact) mass is 423 g/mol. The molecule has 26 heavy (non-hydrogen) atoms. The molecule has 3 rings (SSSR count). The van der Waals surface area contributed by atoms with Gasteiger partial charge in [0, 0.05) is 15.6 Å². The van der Waals surface area contributed by atoms with Gasteiger partial charge in [-0.15, -0.1) is 0 Å². The fraction of sp³-hybridized carbons (Fsp3) is 0.100. The number of allylic oxidation sites excluding steroid dienone is 3. The SMILES string of the molecule is C=C1C(F)=CC(c2ccccc2)=C(c2c(F)cccc2Br)N1CC(F)F. The molecule has 6 heteroatoms. The van der Waals surface area contributed by atoms with Crippen LogP contribution in [-0.2, 0) is 0 Å². The van der Waals surface area contributed by atoms with Gasteiger partial charge >= 0.3 is 0 Å². The lowest BCUT2D eigenvalue weighted by atomic mass is 9.94. The van der Waals surface area contributed by atoms with Crippen molar-refractivity contribution in [3.05, 3.63) is 94.1 Å². The molecular weight excluding hydrogens is 410 g/mol. The first kappa shape index (κ1) is 18.5. The van der Waals surface area contributed by atoms with Gasteiger partial charge in [0.25, 0.3) is 6.43 Å². The standard InChI is InChI=1S/C20H14BrF4N/c1-12-17(23)10-14(13-6-3-2-4-7-13)20(26(12)11-18(24)25)19-15(21)8-5-9-16(19)22/h2-10,18H,1,11H2. The Balaban J connectivity index is 2.35. The summed E-state index contributed by atoms with van der Waals surface area (Å²) in [5.41, 5.74) is 0.890. The third-order valence-corrected chi connectivity index (χ3v) is 4.66. The number of benzene rings is 2. The van der Waals surface area contributed by atoms with E-state index >= 15 is 0 Å². The molecule has 0 unspecified atom stereocenters. The molecule has 0 spiro atoms. The Morgan fingerprint density at radius 2 is 1.69 bits per heavy atom. The van der Waals surface area contributed by atoms with Crippen LogP contribution in [0.15, 0.2) is 77.2 Å². The van der Waals surface area contributed by atoms with Crippen LogP contribution in [-0.4, -0.2) is 17.9 Å². The van der Waals surface area contributed by atoms with Gasteiger partial charge in [-0.3, -0.25) is 0 Å².